The summed E-state index contributed by atoms with van der Waals surface area (Å²) in [5.41, 5.74) is 3.77. The SMILES string of the molecule is COCCN(CC(=O)N1CCc2sccc2C1c1ccc(C)cc1)C(=O)c1ccc(OC)cc1OC. The molecule has 0 saturated heterocycles. The quantitative estimate of drug-likeness (QED) is 0.430. The Hall–Kier alpha value is -3.36. The van der Waals surface area contributed by atoms with Gasteiger partial charge in [-0.1, -0.05) is 29.8 Å². The number of hydrogen-bond donors (Lipinski definition) is 0. The molecule has 8 heteroatoms. The molecule has 1 aliphatic rings. The Kier molecular flexibility index (Phi) is 8.28. The lowest BCUT2D eigenvalue weighted by Crippen LogP contribution is -2.47. The van der Waals surface area contributed by atoms with Gasteiger partial charge in [-0.15, -0.1) is 11.3 Å². The molecule has 0 aliphatic carbocycles. The van der Waals surface area contributed by atoms with Gasteiger partial charge in [0.05, 0.1) is 32.4 Å². The van der Waals surface area contributed by atoms with Crippen LogP contribution in [0, 0.1) is 6.92 Å². The number of thiophene rings is 1. The maximum Gasteiger partial charge on any atom is 0.258 e. The minimum atomic E-state index is -0.292. The van der Waals surface area contributed by atoms with E-state index in [2.05, 4.69) is 42.6 Å². The van der Waals surface area contributed by atoms with Crippen molar-refractivity contribution in [2.24, 2.45) is 0 Å². The molecule has 4 rings (SSSR count). The fourth-order valence-corrected chi connectivity index (χ4v) is 5.45. The number of carbonyl (C=O) groups excluding carboxylic acids is 2. The predicted molar refractivity (Wildman–Crippen MR) is 140 cm³/mol. The molecule has 0 N–H and O–H groups in total. The van der Waals surface area contributed by atoms with E-state index in [1.54, 1.807) is 43.8 Å². The van der Waals surface area contributed by atoms with E-state index in [-0.39, 0.29) is 30.9 Å². The minimum absolute atomic E-state index is 0.0563. The van der Waals surface area contributed by atoms with Gasteiger partial charge >= 0.3 is 0 Å². The molecule has 0 saturated carbocycles. The van der Waals surface area contributed by atoms with Crippen molar-refractivity contribution in [2.45, 2.75) is 19.4 Å². The molecular formula is C28H32N2O5S. The standard InChI is InChI=1S/C28H32N2O5S/c1-19-5-7-20(8-6-19)27-23-12-16-36-25(23)11-13-30(27)26(31)18-29(14-15-33-2)28(32)22-10-9-21(34-3)17-24(22)35-4/h5-10,12,16-17,27H,11,13-15,18H2,1-4H3. The average molecular weight is 509 g/mol. The van der Waals surface area contributed by atoms with E-state index < -0.39 is 0 Å². The highest BCUT2D eigenvalue weighted by molar-refractivity contribution is 7.10. The zero-order valence-electron chi connectivity index (χ0n) is 21.2. The lowest BCUT2D eigenvalue weighted by atomic mass is 9.92. The van der Waals surface area contributed by atoms with Gasteiger partial charge in [0, 0.05) is 31.1 Å². The van der Waals surface area contributed by atoms with Crippen LogP contribution in [0.5, 0.6) is 11.5 Å². The molecule has 1 aliphatic heterocycles. The van der Waals surface area contributed by atoms with Gasteiger partial charge in [0.15, 0.2) is 0 Å². The zero-order chi connectivity index (χ0) is 25.7. The van der Waals surface area contributed by atoms with Gasteiger partial charge in [-0.3, -0.25) is 9.59 Å². The van der Waals surface area contributed by atoms with Gasteiger partial charge in [-0.2, -0.15) is 0 Å². The van der Waals surface area contributed by atoms with Gasteiger partial charge in [0.2, 0.25) is 5.91 Å². The monoisotopic (exact) mass is 508 g/mol. The van der Waals surface area contributed by atoms with Crippen LogP contribution in [-0.4, -0.2) is 69.2 Å². The Morgan fingerprint density at radius 2 is 1.83 bits per heavy atom. The first-order valence-corrected chi connectivity index (χ1v) is 12.8. The molecule has 190 valence electrons. The molecule has 1 aromatic heterocycles. The van der Waals surface area contributed by atoms with Crippen LogP contribution < -0.4 is 9.47 Å². The van der Waals surface area contributed by atoms with Crippen LogP contribution in [0.15, 0.2) is 53.9 Å². The second kappa shape index (κ2) is 11.6. The maximum absolute atomic E-state index is 13.8. The minimum Gasteiger partial charge on any atom is -0.497 e. The molecule has 0 radical (unpaired) electrons. The Labute approximate surface area is 216 Å². The molecule has 0 bridgehead atoms. The van der Waals surface area contributed by atoms with E-state index >= 15 is 0 Å². The van der Waals surface area contributed by atoms with Crippen LogP contribution in [-0.2, 0) is 16.0 Å². The Morgan fingerprint density at radius 1 is 1.06 bits per heavy atom. The second-order valence-electron chi connectivity index (χ2n) is 8.74. The number of hydrogen-bond acceptors (Lipinski definition) is 6. The highest BCUT2D eigenvalue weighted by atomic mass is 32.1. The van der Waals surface area contributed by atoms with Crippen LogP contribution in [0.25, 0.3) is 0 Å². The summed E-state index contributed by atoms with van der Waals surface area (Å²) < 4.78 is 16.0. The normalized spacial score (nSPS) is 14.8. The third-order valence-electron chi connectivity index (χ3n) is 6.50. The Bertz CT molecular complexity index is 1210. The molecule has 2 aromatic carbocycles. The fraction of sp³-hybridized carbons (Fsp3) is 0.357. The number of fused-ring (bicyclic) bond motifs is 1. The van der Waals surface area contributed by atoms with E-state index in [1.807, 2.05) is 4.90 Å². The largest absolute Gasteiger partial charge is 0.497 e. The molecule has 1 atom stereocenters. The molecule has 2 heterocycles. The van der Waals surface area contributed by atoms with Crippen molar-refractivity contribution in [1.82, 2.24) is 9.80 Å². The van der Waals surface area contributed by atoms with E-state index in [0.29, 0.717) is 30.2 Å². The second-order valence-corrected chi connectivity index (χ2v) is 9.74. The smallest absolute Gasteiger partial charge is 0.258 e. The Morgan fingerprint density at radius 3 is 2.53 bits per heavy atom. The molecular weight excluding hydrogens is 476 g/mol. The van der Waals surface area contributed by atoms with E-state index in [0.717, 1.165) is 17.5 Å². The van der Waals surface area contributed by atoms with Gasteiger partial charge in [0.25, 0.3) is 5.91 Å². The van der Waals surface area contributed by atoms with Crippen LogP contribution in [0.4, 0.5) is 0 Å². The first kappa shape index (κ1) is 25.7. The van der Waals surface area contributed by atoms with Gasteiger partial charge in [-0.05, 0) is 48.1 Å². The number of amides is 2. The average Bonchev–Trinajstić information content (AvgIpc) is 3.39. The third kappa shape index (κ3) is 5.39. The van der Waals surface area contributed by atoms with Gasteiger partial charge in [0.1, 0.15) is 18.0 Å². The number of rotatable bonds is 9. The van der Waals surface area contributed by atoms with Crippen LogP contribution >= 0.6 is 11.3 Å². The molecule has 0 fully saturated rings. The number of methoxy groups -OCH3 is 3. The summed E-state index contributed by atoms with van der Waals surface area (Å²) in [6.07, 6.45) is 0.805. The summed E-state index contributed by atoms with van der Waals surface area (Å²) in [5, 5.41) is 2.09. The summed E-state index contributed by atoms with van der Waals surface area (Å²) in [6.45, 7) is 3.19. The molecule has 3 aromatic rings. The van der Waals surface area contributed by atoms with E-state index in [4.69, 9.17) is 14.2 Å². The van der Waals surface area contributed by atoms with Crippen molar-refractivity contribution >= 4 is 23.2 Å². The summed E-state index contributed by atoms with van der Waals surface area (Å²) >= 11 is 1.73. The van der Waals surface area contributed by atoms with Crippen LogP contribution in [0.3, 0.4) is 0 Å². The number of ether oxygens (including phenoxy) is 3. The van der Waals surface area contributed by atoms with Crippen molar-refractivity contribution in [3.05, 3.63) is 81.0 Å². The summed E-state index contributed by atoms with van der Waals surface area (Å²) in [5.74, 6) is 0.589. The lowest BCUT2D eigenvalue weighted by Gasteiger charge is -2.37. The first-order valence-electron chi connectivity index (χ1n) is 11.9. The molecule has 1 unspecified atom stereocenters. The van der Waals surface area contributed by atoms with Crippen molar-refractivity contribution < 1.29 is 23.8 Å². The van der Waals surface area contributed by atoms with E-state index in [9.17, 15) is 9.59 Å². The van der Waals surface area contributed by atoms with Gasteiger partial charge in [-0.25, -0.2) is 0 Å². The number of nitrogens with zero attached hydrogens (tertiary/aromatic N) is 2. The number of carbonyl (C=O) groups is 2. The van der Waals surface area contributed by atoms with Crippen LogP contribution in [0.2, 0.25) is 0 Å². The van der Waals surface area contributed by atoms with Gasteiger partial charge < -0.3 is 24.0 Å². The van der Waals surface area contributed by atoms with Crippen molar-refractivity contribution in [1.29, 1.82) is 0 Å². The topological polar surface area (TPSA) is 68.3 Å². The van der Waals surface area contributed by atoms with Crippen molar-refractivity contribution in [3.63, 3.8) is 0 Å². The summed E-state index contributed by atoms with van der Waals surface area (Å²) in [6, 6.07) is 15.3. The first-order chi connectivity index (χ1) is 17.5. The zero-order valence-corrected chi connectivity index (χ0v) is 22.0. The number of aryl methyl sites for hydroxylation is 1. The summed E-state index contributed by atoms with van der Waals surface area (Å²) in [7, 11) is 4.64. The predicted octanol–water partition coefficient (Wildman–Crippen LogP) is 4.34. The fourth-order valence-electron chi connectivity index (χ4n) is 4.55. The summed E-state index contributed by atoms with van der Waals surface area (Å²) in [4.78, 5) is 32.1. The lowest BCUT2D eigenvalue weighted by molar-refractivity contribution is -0.134. The highest BCUT2D eigenvalue weighted by Gasteiger charge is 2.34. The van der Waals surface area contributed by atoms with Crippen molar-refractivity contribution in [2.75, 3.05) is 47.6 Å². The molecule has 36 heavy (non-hydrogen) atoms. The number of benzene rings is 2. The Balaban J connectivity index is 1.62. The third-order valence-corrected chi connectivity index (χ3v) is 7.49. The maximum atomic E-state index is 13.8. The molecule has 2 amide bonds. The highest BCUT2D eigenvalue weighted by Crippen LogP contribution is 2.38. The van der Waals surface area contributed by atoms with Crippen LogP contribution in [0.1, 0.15) is 38.0 Å². The molecule has 0 spiro atoms. The van der Waals surface area contributed by atoms with Crippen molar-refractivity contribution in [3.8, 4) is 11.5 Å². The van der Waals surface area contributed by atoms with E-state index in [1.165, 1.54) is 22.5 Å². The molecule has 7 nitrogen and oxygen atoms in total.